The summed E-state index contributed by atoms with van der Waals surface area (Å²) in [6, 6.07) is 12.2. The van der Waals surface area contributed by atoms with Gasteiger partial charge in [-0.15, -0.1) is 0 Å². The molecule has 1 aliphatic heterocycles. The number of nitrogens with zero attached hydrogens (tertiary/aromatic N) is 1. The zero-order valence-electron chi connectivity index (χ0n) is 19.3. The first-order chi connectivity index (χ1) is 15.7. The molecular weight excluding hydrogens is 444 g/mol. The molecule has 0 aliphatic carbocycles. The quantitative estimate of drug-likeness (QED) is 0.468. The van der Waals surface area contributed by atoms with Crippen molar-refractivity contribution in [3.63, 3.8) is 0 Å². The number of carbonyl (C=O) groups excluding carboxylic acids is 1. The Morgan fingerprint density at radius 1 is 1.09 bits per heavy atom. The smallest absolute Gasteiger partial charge is 0.291 e. The van der Waals surface area contributed by atoms with Gasteiger partial charge in [-0.1, -0.05) is 31.5 Å². The number of rotatable bonds is 6. The van der Waals surface area contributed by atoms with Crippen LogP contribution >= 0.6 is 11.6 Å². The molecule has 4 rings (SSSR count). The average Bonchev–Trinajstić information content (AvgIpc) is 3.26. The Kier molecular flexibility index (Phi) is 6.17. The van der Waals surface area contributed by atoms with Crippen molar-refractivity contribution in [1.82, 2.24) is 0 Å². The average molecular weight is 471 g/mol. The van der Waals surface area contributed by atoms with Gasteiger partial charge in [0.15, 0.2) is 5.76 Å². The van der Waals surface area contributed by atoms with Gasteiger partial charge < -0.3 is 28.8 Å². The highest BCUT2D eigenvalue weighted by Crippen LogP contribution is 2.44. The zero-order valence-corrected chi connectivity index (χ0v) is 20.1. The molecular formula is C25H27ClN2O5. The molecule has 0 atom stereocenters. The van der Waals surface area contributed by atoms with Gasteiger partial charge >= 0.3 is 0 Å². The van der Waals surface area contributed by atoms with Crippen molar-refractivity contribution in [1.29, 1.82) is 0 Å². The summed E-state index contributed by atoms with van der Waals surface area (Å²) in [5.74, 6) is 1.19. The SMILES string of the molecule is COc1cccc(OC)c1NC(=O)c1ccc(Oc2cc3c(cc2Cl)N(C)CCC3(C)C)o1. The van der Waals surface area contributed by atoms with Crippen LogP contribution in [0.5, 0.6) is 23.2 Å². The van der Waals surface area contributed by atoms with Crippen LogP contribution < -0.4 is 24.4 Å². The molecule has 33 heavy (non-hydrogen) atoms. The molecule has 0 fully saturated rings. The zero-order chi connectivity index (χ0) is 23.8. The highest BCUT2D eigenvalue weighted by molar-refractivity contribution is 6.32. The number of methoxy groups -OCH3 is 2. The van der Waals surface area contributed by atoms with Crippen LogP contribution in [0.15, 0.2) is 46.9 Å². The number of halogens is 1. The Bertz CT molecular complexity index is 1170. The Morgan fingerprint density at radius 3 is 2.45 bits per heavy atom. The molecule has 1 N–H and O–H groups in total. The maximum atomic E-state index is 12.8. The Labute approximate surface area is 198 Å². The summed E-state index contributed by atoms with van der Waals surface area (Å²) in [4.78, 5) is 15.0. The number of furan rings is 1. The first-order valence-corrected chi connectivity index (χ1v) is 11.0. The molecule has 174 valence electrons. The summed E-state index contributed by atoms with van der Waals surface area (Å²) >= 11 is 6.51. The largest absolute Gasteiger partial charge is 0.494 e. The van der Waals surface area contributed by atoms with E-state index >= 15 is 0 Å². The Hall–Kier alpha value is -3.32. The van der Waals surface area contributed by atoms with Gasteiger partial charge in [0.1, 0.15) is 22.9 Å². The van der Waals surface area contributed by atoms with Crippen LogP contribution in [-0.4, -0.2) is 33.7 Å². The van der Waals surface area contributed by atoms with E-state index in [0.29, 0.717) is 28.0 Å². The van der Waals surface area contributed by atoms with Gasteiger partial charge in [-0.05, 0) is 47.7 Å². The Morgan fingerprint density at radius 2 is 1.79 bits per heavy atom. The normalized spacial score (nSPS) is 14.4. The molecule has 0 spiro atoms. The van der Waals surface area contributed by atoms with E-state index in [1.807, 2.05) is 12.1 Å². The predicted molar refractivity (Wildman–Crippen MR) is 129 cm³/mol. The second-order valence-electron chi connectivity index (χ2n) is 8.57. The lowest BCUT2D eigenvalue weighted by molar-refractivity contribution is 0.0991. The molecule has 0 bridgehead atoms. The number of amides is 1. The second kappa shape index (κ2) is 8.90. The number of carbonyl (C=O) groups is 1. The molecule has 8 heteroatoms. The maximum absolute atomic E-state index is 12.8. The van der Waals surface area contributed by atoms with Gasteiger partial charge in [-0.3, -0.25) is 4.79 Å². The van der Waals surface area contributed by atoms with E-state index < -0.39 is 5.91 Å². The number of para-hydroxylation sites is 1. The van der Waals surface area contributed by atoms with Crippen molar-refractivity contribution in [3.8, 4) is 23.2 Å². The van der Waals surface area contributed by atoms with Gasteiger partial charge in [0.25, 0.3) is 11.9 Å². The summed E-state index contributed by atoms with van der Waals surface area (Å²) < 4.78 is 22.2. The van der Waals surface area contributed by atoms with E-state index in [2.05, 4.69) is 31.1 Å². The van der Waals surface area contributed by atoms with Crippen molar-refractivity contribution in [2.45, 2.75) is 25.7 Å². The number of benzene rings is 2. The number of anilines is 2. The van der Waals surface area contributed by atoms with Crippen molar-refractivity contribution in [2.75, 3.05) is 38.0 Å². The fourth-order valence-electron chi connectivity index (χ4n) is 3.94. The van der Waals surface area contributed by atoms with Crippen molar-refractivity contribution in [2.24, 2.45) is 0 Å². The monoisotopic (exact) mass is 470 g/mol. The molecule has 0 radical (unpaired) electrons. The van der Waals surface area contributed by atoms with Gasteiger partial charge in [-0.2, -0.15) is 0 Å². The minimum absolute atomic E-state index is 0.00739. The second-order valence-corrected chi connectivity index (χ2v) is 8.97. The van der Waals surface area contributed by atoms with E-state index in [4.69, 9.17) is 30.2 Å². The minimum atomic E-state index is -0.466. The predicted octanol–water partition coefficient (Wildman–Crippen LogP) is 6.11. The molecule has 7 nitrogen and oxygen atoms in total. The molecule has 0 saturated carbocycles. The number of ether oxygens (including phenoxy) is 3. The number of hydrogen-bond donors (Lipinski definition) is 1. The summed E-state index contributed by atoms with van der Waals surface area (Å²) in [7, 11) is 5.09. The molecule has 0 unspecified atom stereocenters. The molecule has 3 aromatic rings. The van der Waals surface area contributed by atoms with Gasteiger partial charge in [0.2, 0.25) is 0 Å². The molecule has 1 aliphatic rings. The first-order valence-electron chi connectivity index (χ1n) is 10.6. The lowest BCUT2D eigenvalue weighted by atomic mass is 9.78. The highest BCUT2D eigenvalue weighted by Gasteiger charge is 2.31. The van der Waals surface area contributed by atoms with Crippen LogP contribution in [-0.2, 0) is 5.41 Å². The highest BCUT2D eigenvalue weighted by atomic mass is 35.5. The van der Waals surface area contributed by atoms with Crippen LogP contribution in [0.1, 0.15) is 36.4 Å². The number of fused-ring (bicyclic) bond motifs is 1. The van der Waals surface area contributed by atoms with Crippen LogP contribution in [0.25, 0.3) is 0 Å². The fraction of sp³-hybridized carbons (Fsp3) is 0.320. The van der Waals surface area contributed by atoms with E-state index in [0.717, 1.165) is 24.2 Å². The third kappa shape index (κ3) is 4.46. The Balaban J connectivity index is 1.56. The van der Waals surface area contributed by atoms with Crippen molar-refractivity contribution < 1.29 is 23.4 Å². The van der Waals surface area contributed by atoms with Crippen molar-refractivity contribution in [3.05, 3.63) is 58.8 Å². The summed E-state index contributed by atoms with van der Waals surface area (Å²) in [6.45, 7) is 5.38. The molecule has 0 saturated heterocycles. The molecule has 2 aromatic carbocycles. The van der Waals surface area contributed by atoms with Gasteiger partial charge in [-0.25, -0.2) is 0 Å². The maximum Gasteiger partial charge on any atom is 0.291 e. The fourth-order valence-corrected chi connectivity index (χ4v) is 4.13. The number of nitrogens with one attached hydrogen (secondary N) is 1. The minimum Gasteiger partial charge on any atom is -0.494 e. The van der Waals surface area contributed by atoms with E-state index in [9.17, 15) is 4.79 Å². The standard InChI is InChI=1S/C25H27ClN2O5/c1-25(2)11-12-28(3)17-14-16(26)21(13-15(17)25)33-22-10-9-20(32-22)24(29)27-23-18(30-4)7-6-8-19(23)31-5/h6-10,13-14H,11-12H2,1-5H3,(H,27,29). The lowest BCUT2D eigenvalue weighted by Crippen LogP contribution is -2.34. The topological polar surface area (TPSA) is 73.2 Å². The lowest BCUT2D eigenvalue weighted by Gasteiger charge is -2.38. The van der Waals surface area contributed by atoms with Gasteiger partial charge in [0, 0.05) is 25.3 Å². The van der Waals surface area contributed by atoms with Crippen LogP contribution in [0.4, 0.5) is 11.4 Å². The van der Waals surface area contributed by atoms with E-state index in [1.165, 1.54) is 20.3 Å². The van der Waals surface area contributed by atoms with E-state index in [1.54, 1.807) is 24.3 Å². The number of hydrogen-bond acceptors (Lipinski definition) is 6. The van der Waals surface area contributed by atoms with E-state index in [-0.39, 0.29) is 17.1 Å². The summed E-state index contributed by atoms with van der Waals surface area (Å²) in [5, 5.41) is 3.24. The third-order valence-electron chi connectivity index (χ3n) is 5.94. The summed E-state index contributed by atoms with van der Waals surface area (Å²) in [6.07, 6.45) is 1.02. The van der Waals surface area contributed by atoms with Gasteiger partial charge in [0.05, 0.1) is 19.2 Å². The first kappa shape index (κ1) is 22.9. The van der Waals surface area contributed by atoms with Crippen LogP contribution in [0.3, 0.4) is 0 Å². The van der Waals surface area contributed by atoms with Crippen LogP contribution in [0, 0.1) is 0 Å². The third-order valence-corrected chi connectivity index (χ3v) is 6.24. The summed E-state index contributed by atoms with van der Waals surface area (Å²) in [5.41, 5.74) is 2.65. The molecule has 2 heterocycles. The van der Waals surface area contributed by atoms with Crippen LogP contribution in [0.2, 0.25) is 5.02 Å². The van der Waals surface area contributed by atoms with Crippen molar-refractivity contribution >= 4 is 28.9 Å². The molecule has 1 amide bonds. The molecule has 1 aromatic heterocycles.